The molecule has 1 aliphatic rings. The van der Waals surface area contributed by atoms with Crippen molar-refractivity contribution in [2.24, 2.45) is 0 Å². The van der Waals surface area contributed by atoms with Crippen molar-refractivity contribution in [3.63, 3.8) is 0 Å². The molecule has 1 aromatic carbocycles. The second-order valence-electron chi connectivity index (χ2n) is 5.02. The van der Waals surface area contributed by atoms with Gasteiger partial charge in [-0.1, -0.05) is 43.2 Å². The molecule has 1 aliphatic heterocycles. The second kappa shape index (κ2) is 6.55. The van der Waals surface area contributed by atoms with Crippen LogP contribution in [0, 0.1) is 0 Å². The molecular weight excluding hydrogens is 226 g/mol. The lowest BCUT2D eigenvalue weighted by atomic mass is 9.98. The molecule has 0 spiro atoms. The Labute approximate surface area is 108 Å². The Bertz CT molecular complexity index is 369. The van der Waals surface area contributed by atoms with Crippen molar-refractivity contribution >= 4 is 5.97 Å². The van der Waals surface area contributed by atoms with Crippen LogP contribution in [0.15, 0.2) is 30.3 Å². The maximum Gasteiger partial charge on any atom is 0.312 e. The van der Waals surface area contributed by atoms with Gasteiger partial charge in [-0.2, -0.15) is 0 Å². The summed E-state index contributed by atoms with van der Waals surface area (Å²) < 4.78 is 0. The van der Waals surface area contributed by atoms with Crippen molar-refractivity contribution in [2.75, 3.05) is 19.6 Å². The van der Waals surface area contributed by atoms with Crippen LogP contribution in [0.25, 0.3) is 0 Å². The molecule has 0 bridgehead atoms. The molecule has 2 rings (SSSR count). The van der Waals surface area contributed by atoms with E-state index in [2.05, 4.69) is 4.90 Å². The molecule has 0 aromatic heterocycles. The van der Waals surface area contributed by atoms with Crippen LogP contribution < -0.4 is 0 Å². The molecular formula is C15H21NO2. The van der Waals surface area contributed by atoms with Crippen LogP contribution in [-0.4, -0.2) is 35.6 Å². The fourth-order valence-corrected chi connectivity index (χ4v) is 2.59. The molecule has 0 amide bonds. The lowest BCUT2D eigenvalue weighted by Gasteiger charge is -2.24. The smallest absolute Gasteiger partial charge is 0.312 e. The summed E-state index contributed by atoms with van der Waals surface area (Å²) in [7, 11) is 0. The van der Waals surface area contributed by atoms with E-state index in [1.807, 2.05) is 30.3 Å². The van der Waals surface area contributed by atoms with E-state index in [1.165, 1.54) is 25.7 Å². The summed E-state index contributed by atoms with van der Waals surface area (Å²) >= 11 is 0. The molecule has 0 saturated carbocycles. The zero-order valence-electron chi connectivity index (χ0n) is 10.7. The van der Waals surface area contributed by atoms with Gasteiger partial charge in [-0.05, 0) is 31.5 Å². The van der Waals surface area contributed by atoms with Crippen LogP contribution in [-0.2, 0) is 4.79 Å². The lowest BCUT2D eigenvalue weighted by molar-refractivity contribution is -0.139. The monoisotopic (exact) mass is 247 g/mol. The number of hydrogen-bond acceptors (Lipinski definition) is 2. The largest absolute Gasteiger partial charge is 0.481 e. The maximum absolute atomic E-state index is 11.4. The van der Waals surface area contributed by atoms with E-state index >= 15 is 0 Å². The number of carboxylic acid groups (broad SMARTS) is 1. The predicted molar refractivity (Wildman–Crippen MR) is 71.7 cm³/mol. The van der Waals surface area contributed by atoms with E-state index in [0.717, 1.165) is 18.7 Å². The average Bonchev–Trinajstić information content (AvgIpc) is 2.65. The van der Waals surface area contributed by atoms with Gasteiger partial charge in [0.2, 0.25) is 0 Å². The van der Waals surface area contributed by atoms with Gasteiger partial charge in [0.15, 0.2) is 0 Å². The normalized spacial score (nSPS) is 19.1. The fourth-order valence-electron chi connectivity index (χ4n) is 2.59. The van der Waals surface area contributed by atoms with Gasteiger partial charge in [0.05, 0.1) is 5.92 Å². The summed E-state index contributed by atoms with van der Waals surface area (Å²) in [4.78, 5) is 13.7. The number of rotatable bonds is 4. The zero-order valence-corrected chi connectivity index (χ0v) is 10.7. The Morgan fingerprint density at radius 3 is 2.28 bits per heavy atom. The summed E-state index contributed by atoms with van der Waals surface area (Å²) in [5.74, 6) is -1.12. The van der Waals surface area contributed by atoms with Crippen LogP contribution in [0.1, 0.15) is 37.2 Å². The SMILES string of the molecule is O=C(O)C(CN1CCCCCC1)c1ccccc1. The van der Waals surface area contributed by atoms with Crippen LogP contribution in [0.5, 0.6) is 0 Å². The molecule has 1 fully saturated rings. The van der Waals surface area contributed by atoms with Crippen LogP contribution >= 0.6 is 0 Å². The second-order valence-corrected chi connectivity index (χ2v) is 5.02. The van der Waals surface area contributed by atoms with E-state index in [0.29, 0.717) is 6.54 Å². The first kappa shape index (κ1) is 13.1. The van der Waals surface area contributed by atoms with Gasteiger partial charge in [-0.25, -0.2) is 0 Å². The molecule has 1 unspecified atom stereocenters. The Morgan fingerprint density at radius 1 is 1.11 bits per heavy atom. The van der Waals surface area contributed by atoms with Crippen molar-refractivity contribution in [1.29, 1.82) is 0 Å². The first-order chi connectivity index (χ1) is 8.77. The number of likely N-dealkylation sites (tertiary alicyclic amines) is 1. The Morgan fingerprint density at radius 2 is 1.72 bits per heavy atom. The minimum absolute atomic E-state index is 0.399. The zero-order chi connectivity index (χ0) is 12.8. The number of benzene rings is 1. The highest BCUT2D eigenvalue weighted by Crippen LogP contribution is 2.19. The third kappa shape index (κ3) is 3.57. The highest BCUT2D eigenvalue weighted by atomic mass is 16.4. The van der Waals surface area contributed by atoms with Gasteiger partial charge < -0.3 is 10.0 Å². The third-order valence-electron chi connectivity index (χ3n) is 3.64. The predicted octanol–water partition coefficient (Wildman–Crippen LogP) is 2.73. The Kier molecular flexibility index (Phi) is 4.76. The third-order valence-corrected chi connectivity index (χ3v) is 3.64. The molecule has 3 nitrogen and oxygen atoms in total. The van der Waals surface area contributed by atoms with Gasteiger partial charge >= 0.3 is 5.97 Å². The quantitative estimate of drug-likeness (QED) is 0.889. The maximum atomic E-state index is 11.4. The Balaban J connectivity index is 2.04. The summed E-state index contributed by atoms with van der Waals surface area (Å²) in [6.45, 7) is 2.71. The topological polar surface area (TPSA) is 40.5 Å². The highest BCUT2D eigenvalue weighted by molar-refractivity contribution is 5.76. The molecule has 1 aromatic rings. The Hall–Kier alpha value is -1.35. The summed E-state index contributed by atoms with van der Waals surface area (Å²) in [6.07, 6.45) is 4.95. The van der Waals surface area contributed by atoms with E-state index in [1.54, 1.807) is 0 Å². The van der Waals surface area contributed by atoms with E-state index in [9.17, 15) is 9.90 Å². The number of nitrogens with zero attached hydrogens (tertiary/aromatic N) is 1. The molecule has 3 heteroatoms. The van der Waals surface area contributed by atoms with E-state index in [-0.39, 0.29) is 0 Å². The summed E-state index contributed by atoms with van der Waals surface area (Å²) in [5.41, 5.74) is 0.911. The van der Waals surface area contributed by atoms with Crippen molar-refractivity contribution in [3.8, 4) is 0 Å². The van der Waals surface area contributed by atoms with E-state index in [4.69, 9.17) is 0 Å². The van der Waals surface area contributed by atoms with Gasteiger partial charge in [0, 0.05) is 6.54 Å². The molecule has 0 radical (unpaired) electrons. The first-order valence-electron chi connectivity index (χ1n) is 6.77. The van der Waals surface area contributed by atoms with Crippen LogP contribution in [0.3, 0.4) is 0 Å². The van der Waals surface area contributed by atoms with Crippen LogP contribution in [0.2, 0.25) is 0 Å². The van der Waals surface area contributed by atoms with Crippen molar-refractivity contribution in [2.45, 2.75) is 31.6 Å². The molecule has 1 saturated heterocycles. The summed E-state index contributed by atoms with van der Waals surface area (Å²) in [6, 6.07) is 9.57. The van der Waals surface area contributed by atoms with Gasteiger partial charge in [0.25, 0.3) is 0 Å². The molecule has 1 atom stereocenters. The first-order valence-corrected chi connectivity index (χ1v) is 6.77. The average molecular weight is 247 g/mol. The van der Waals surface area contributed by atoms with Crippen molar-refractivity contribution in [3.05, 3.63) is 35.9 Å². The highest BCUT2D eigenvalue weighted by Gasteiger charge is 2.23. The van der Waals surface area contributed by atoms with E-state index < -0.39 is 11.9 Å². The summed E-state index contributed by atoms with van der Waals surface area (Å²) in [5, 5.41) is 9.40. The molecule has 98 valence electrons. The van der Waals surface area contributed by atoms with Gasteiger partial charge in [-0.15, -0.1) is 0 Å². The number of carbonyl (C=O) groups is 1. The van der Waals surface area contributed by atoms with Crippen molar-refractivity contribution < 1.29 is 9.90 Å². The molecule has 1 N–H and O–H groups in total. The minimum Gasteiger partial charge on any atom is -0.481 e. The molecule has 0 aliphatic carbocycles. The number of aliphatic carboxylic acids is 1. The standard InChI is InChI=1S/C15H21NO2/c17-15(18)14(13-8-4-3-5-9-13)12-16-10-6-1-2-7-11-16/h3-5,8-9,14H,1-2,6-7,10-12H2,(H,17,18). The molecule has 1 heterocycles. The molecule has 18 heavy (non-hydrogen) atoms. The number of hydrogen-bond donors (Lipinski definition) is 1. The lowest BCUT2D eigenvalue weighted by Crippen LogP contribution is -2.32. The van der Waals surface area contributed by atoms with Crippen LogP contribution in [0.4, 0.5) is 0 Å². The fraction of sp³-hybridized carbons (Fsp3) is 0.533. The van der Waals surface area contributed by atoms with Gasteiger partial charge in [0.1, 0.15) is 0 Å². The van der Waals surface area contributed by atoms with Gasteiger partial charge in [-0.3, -0.25) is 4.79 Å². The minimum atomic E-state index is -0.717. The number of carboxylic acids is 1. The van der Waals surface area contributed by atoms with Crippen molar-refractivity contribution in [1.82, 2.24) is 4.90 Å².